The highest BCUT2D eigenvalue weighted by atomic mass is 35.5. The van der Waals surface area contributed by atoms with Gasteiger partial charge in [0.1, 0.15) is 11.6 Å². The molecule has 4 rings (SSSR count). The zero-order valence-electron chi connectivity index (χ0n) is 17.4. The number of hydrogen-bond donors (Lipinski definition) is 4. The second-order valence-corrected chi connectivity index (χ2v) is 7.89. The Morgan fingerprint density at radius 1 is 1.34 bits per heavy atom. The number of morpholine rings is 1. The maximum Gasteiger partial charge on any atom is 0.178 e. The Labute approximate surface area is 189 Å². The summed E-state index contributed by atoms with van der Waals surface area (Å²) in [4.78, 5) is 14.3. The fraction of sp³-hybridized carbons (Fsp3) is 0.381. The topological polar surface area (TPSA) is 113 Å². The van der Waals surface area contributed by atoms with Gasteiger partial charge in [-0.3, -0.25) is 15.5 Å². The monoisotopic (exact) mass is 461 g/mol. The lowest BCUT2D eigenvalue weighted by Gasteiger charge is -2.26. The third kappa shape index (κ3) is 5.22. The van der Waals surface area contributed by atoms with E-state index in [4.69, 9.17) is 21.7 Å². The second kappa shape index (κ2) is 10.3. The number of pyridine rings is 1. The number of aromatic nitrogens is 3. The molecule has 4 N–H and O–H groups in total. The number of nitrogens with one attached hydrogen (secondary N) is 3. The average Bonchev–Trinajstić information content (AvgIpc) is 3.23. The molecule has 0 bridgehead atoms. The molecule has 0 radical (unpaired) electrons. The molecular weight excluding hydrogens is 437 g/mol. The molecule has 0 saturated carbocycles. The molecule has 0 unspecified atom stereocenters. The van der Waals surface area contributed by atoms with E-state index in [9.17, 15) is 9.60 Å². The molecule has 1 aliphatic heterocycles. The van der Waals surface area contributed by atoms with E-state index in [-0.39, 0.29) is 16.5 Å². The molecule has 32 heavy (non-hydrogen) atoms. The molecule has 3 aromatic rings. The smallest absolute Gasteiger partial charge is 0.178 e. The number of imidazole rings is 1. The number of hydroxylamine groups is 1. The summed E-state index contributed by atoms with van der Waals surface area (Å²) < 4.78 is 18.8. The number of anilines is 1. The summed E-state index contributed by atoms with van der Waals surface area (Å²) in [5.74, 6) is -0.125. The third-order valence-corrected chi connectivity index (χ3v) is 5.57. The Kier molecular flexibility index (Phi) is 7.28. The number of ether oxygens (including phenoxy) is 1. The van der Waals surface area contributed by atoms with Crippen LogP contribution >= 0.6 is 11.6 Å². The minimum atomic E-state index is -0.600. The third-order valence-electron chi connectivity index (χ3n) is 5.28. The number of amidine groups is 1. The van der Waals surface area contributed by atoms with Crippen LogP contribution in [0.25, 0.3) is 11.2 Å². The average molecular weight is 462 g/mol. The fourth-order valence-electron chi connectivity index (χ4n) is 3.56. The van der Waals surface area contributed by atoms with Crippen LogP contribution in [0.3, 0.4) is 0 Å². The zero-order valence-corrected chi connectivity index (χ0v) is 18.2. The Morgan fingerprint density at radius 3 is 2.94 bits per heavy atom. The van der Waals surface area contributed by atoms with Gasteiger partial charge in [-0.05, 0) is 43.8 Å². The number of halogens is 2. The van der Waals surface area contributed by atoms with Gasteiger partial charge < -0.3 is 15.0 Å². The predicted molar refractivity (Wildman–Crippen MR) is 120 cm³/mol. The minimum Gasteiger partial charge on any atom is -0.379 e. The quantitative estimate of drug-likeness (QED) is 0.176. The Balaban J connectivity index is 1.39. The Bertz CT molecular complexity index is 1090. The van der Waals surface area contributed by atoms with Gasteiger partial charge in [0.25, 0.3) is 0 Å². The van der Waals surface area contributed by atoms with E-state index >= 15 is 0 Å². The normalized spacial score (nSPS) is 14.7. The van der Waals surface area contributed by atoms with E-state index in [2.05, 4.69) is 25.2 Å². The molecule has 3 heterocycles. The van der Waals surface area contributed by atoms with E-state index in [1.165, 1.54) is 18.3 Å². The van der Waals surface area contributed by atoms with E-state index in [1.54, 1.807) is 6.07 Å². The van der Waals surface area contributed by atoms with Crippen molar-refractivity contribution >= 4 is 34.3 Å². The molecule has 1 aromatic carbocycles. The van der Waals surface area contributed by atoms with Gasteiger partial charge in [-0.2, -0.15) is 0 Å². The van der Waals surface area contributed by atoms with Gasteiger partial charge in [0.05, 0.1) is 36.0 Å². The summed E-state index contributed by atoms with van der Waals surface area (Å²) in [5.41, 5.74) is 1.56. The molecule has 0 spiro atoms. The number of nitrogens with zero attached hydrogens (tertiary/aromatic N) is 4. The molecule has 1 saturated heterocycles. The molecular formula is C21H25ClFN7O2. The van der Waals surface area contributed by atoms with Gasteiger partial charge in [0.2, 0.25) is 0 Å². The highest BCUT2D eigenvalue weighted by Crippen LogP contribution is 2.24. The molecule has 1 aliphatic rings. The summed E-state index contributed by atoms with van der Waals surface area (Å²) in [5, 5.41) is 22.8. The van der Waals surface area contributed by atoms with Crippen LogP contribution in [-0.2, 0) is 11.3 Å². The largest absolute Gasteiger partial charge is 0.379 e. The molecule has 0 amide bonds. The van der Waals surface area contributed by atoms with E-state index in [0.29, 0.717) is 34.2 Å². The van der Waals surface area contributed by atoms with Gasteiger partial charge in [-0.15, -0.1) is 0 Å². The highest BCUT2D eigenvalue weighted by molar-refractivity contribution is 6.31. The standard InChI is InChI=1S/C21H25ClFN7O2/c22-16-12-14(2-3-17(16)23)30(31)20(24)15-4-6-26-21-19(15)27-18(28-21)13-25-5-1-7-29-8-10-32-11-9-29/h2-4,6,12,24-25,31H,1,5,7-11,13H2,(H,26,27,28). The van der Waals surface area contributed by atoms with Crippen molar-refractivity contribution < 1.29 is 14.3 Å². The van der Waals surface area contributed by atoms with Crippen LogP contribution in [0.5, 0.6) is 0 Å². The van der Waals surface area contributed by atoms with Crippen LogP contribution in [0.1, 0.15) is 17.8 Å². The first-order valence-electron chi connectivity index (χ1n) is 10.4. The van der Waals surface area contributed by atoms with Gasteiger partial charge in [0.15, 0.2) is 11.5 Å². The summed E-state index contributed by atoms with van der Waals surface area (Å²) in [6.45, 7) is 5.97. The number of aromatic amines is 1. The lowest BCUT2D eigenvalue weighted by Crippen LogP contribution is -2.37. The minimum absolute atomic E-state index is 0.141. The summed E-state index contributed by atoms with van der Waals surface area (Å²) in [7, 11) is 0. The first kappa shape index (κ1) is 22.6. The number of rotatable bonds is 8. The van der Waals surface area contributed by atoms with E-state index < -0.39 is 5.82 Å². The van der Waals surface area contributed by atoms with Gasteiger partial charge in [0, 0.05) is 24.8 Å². The lowest BCUT2D eigenvalue weighted by molar-refractivity contribution is 0.0374. The SMILES string of the molecule is N=C(c1ccnc2nc(CNCCCN3CCOCC3)[nH]c12)N(O)c1ccc(F)c(Cl)c1. The van der Waals surface area contributed by atoms with E-state index in [1.807, 2.05) is 0 Å². The molecule has 170 valence electrons. The van der Waals surface area contributed by atoms with Crippen molar-refractivity contribution in [3.63, 3.8) is 0 Å². The molecule has 2 aromatic heterocycles. The summed E-state index contributed by atoms with van der Waals surface area (Å²) >= 11 is 5.80. The molecule has 1 fully saturated rings. The highest BCUT2D eigenvalue weighted by Gasteiger charge is 2.18. The van der Waals surface area contributed by atoms with E-state index in [0.717, 1.165) is 51.9 Å². The fourth-order valence-corrected chi connectivity index (χ4v) is 3.73. The van der Waals surface area contributed by atoms with Crippen LogP contribution in [0.4, 0.5) is 10.1 Å². The number of H-pyrrole nitrogens is 1. The van der Waals surface area contributed by atoms with Crippen molar-refractivity contribution in [1.82, 2.24) is 25.2 Å². The van der Waals surface area contributed by atoms with Gasteiger partial charge >= 0.3 is 0 Å². The zero-order chi connectivity index (χ0) is 22.5. The first-order chi connectivity index (χ1) is 15.5. The molecule has 11 heteroatoms. The van der Waals surface area contributed by atoms with Crippen molar-refractivity contribution in [2.45, 2.75) is 13.0 Å². The predicted octanol–water partition coefficient (Wildman–Crippen LogP) is 2.78. The number of benzene rings is 1. The van der Waals surface area contributed by atoms with Crippen molar-refractivity contribution in [2.75, 3.05) is 44.5 Å². The summed E-state index contributed by atoms with van der Waals surface area (Å²) in [6.07, 6.45) is 2.55. The van der Waals surface area contributed by atoms with Crippen molar-refractivity contribution in [3.8, 4) is 0 Å². The molecule has 0 atom stereocenters. The summed E-state index contributed by atoms with van der Waals surface area (Å²) in [6, 6.07) is 5.34. The molecule has 0 aliphatic carbocycles. The van der Waals surface area contributed by atoms with Crippen molar-refractivity contribution in [3.05, 3.63) is 52.7 Å². The Hall–Kier alpha value is -2.63. The molecule has 9 nitrogen and oxygen atoms in total. The maximum absolute atomic E-state index is 13.4. The first-order valence-corrected chi connectivity index (χ1v) is 10.8. The van der Waals surface area contributed by atoms with Crippen LogP contribution in [-0.4, -0.2) is 70.3 Å². The lowest BCUT2D eigenvalue weighted by atomic mass is 10.2. The number of fused-ring (bicyclic) bond motifs is 1. The van der Waals surface area contributed by atoms with Crippen molar-refractivity contribution in [1.29, 1.82) is 5.41 Å². The van der Waals surface area contributed by atoms with Crippen LogP contribution in [0.2, 0.25) is 5.02 Å². The maximum atomic E-state index is 13.4. The van der Waals surface area contributed by atoms with Crippen LogP contribution < -0.4 is 10.4 Å². The van der Waals surface area contributed by atoms with Gasteiger partial charge in [-0.25, -0.2) is 19.4 Å². The van der Waals surface area contributed by atoms with Gasteiger partial charge in [-0.1, -0.05) is 11.6 Å². The Morgan fingerprint density at radius 2 is 2.16 bits per heavy atom. The van der Waals surface area contributed by atoms with Crippen LogP contribution in [0, 0.1) is 11.2 Å². The van der Waals surface area contributed by atoms with Crippen LogP contribution in [0.15, 0.2) is 30.5 Å². The van der Waals surface area contributed by atoms with Crippen molar-refractivity contribution in [2.24, 2.45) is 0 Å². The number of hydrogen-bond acceptors (Lipinski definition) is 7. The second-order valence-electron chi connectivity index (χ2n) is 7.48.